The number of nitrogens with zero attached hydrogens (tertiary/aromatic N) is 1. The van der Waals surface area contributed by atoms with Gasteiger partial charge in [-0.2, -0.15) is 5.10 Å². The van der Waals surface area contributed by atoms with Crippen LogP contribution in [0.2, 0.25) is 0 Å². The van der Waals surface area contributed by atoms with Gasteiger partial charge in [0, 0.05) is 16.2 Å². The van der Waals surface area contributed by atoms with Crippen LogP contribution in [0, 0.1) is 6.92 Å². The van der Waals surface area contributed by atoms with E-state index in [4.69, 9.17) is 0 Å². The molecule has 4 nitrogen and oxygen atoms in total. The number of nitrogens with one attached hydrogen (secondary N) is 2. The average molecular weight is 306 g/mol. The second-order valence-corrected chi connectivity index (χ2v) is 4.64. The molecule has 5 heteroatoms. The molecule has 0 bridgehead atoms. The van der Waals surface area contributed by atoms with Crippen molar-refractivity contribution in [3.63, 3.8) is 0 Å². The Morgan fingerprint density at radius 1 is 1.44 bits per heavy atom. The maximum Gasteiger partial charge on any atom is 0.271 e. The van der Waals surface area contributed by atoms with Gasteiger partial charge in [-0.25, -0.2) is 5.43 Å². The first-order chi connectivity index (χ1) is 8.66. The van der Waals surface area contributed by atoms with Crippen molar-refractivity contribution in [2.75, 3.05) is 0 Å². The van der Waals surface area contributed by atoms with E-state index in [2.05, 4.69) is 31.4 Å². The zero-order valence-corrected chi connectivity index (χ0v) is 11.4. The Bertz CT molecular complexity index is 576. The highest BCUT2D eigenvalue weighted by Gasteiger charge is 2.05. The summed E-state index contributed by atoms with van der Waals surface area (Å²) >= 11 is 3.39. The van der Waals surface area contributed by atoms with Crippen LogP contribution < -0.4 is 5.43 Å². The summed E-state index contributed by atoms with van der Waals surface area (Å²) in [6.07, 6.45) is 3.35. The molecule has 0 unspecified atom stereocenters. The third-order valence-corrected chi connectivity index (χ3v) is 3.28. The Morgan fingerprint density at radius 2 is 2.28 bits per heavy atom. The first-order valence-corrected chi connectivity index (χ1v) is 6.19. The maximum absolute atomic E-state index is 11.8. The first-order valence-electron chi connectivity index (χ1n) is 5.40. The van der Waals surface area contributed by atoms with Gasteiger partial charge in [0.1, 0.15) is 0 Å². The lowest BCUT2D eigenvalue weighted by Crippen LogP contribution is -2.17. The average Bonchev–Trinajstić information content (AvgIpc) is 2.85. The lowest BCUT2D eigenvalue weighted by Gasteiger charge is -2.02. The van der Waals surface area contributed by atoms with Gasteiger partial charge in [-0.1, -0.05) is 22.0 Å². The van der Waals surface area contributed by atoms with Crippen LogP contribution in [0.25, 0.3) is 0 Å². The highest BCUT2D eigenvalue weighted by molar-refractivity contribution is 9.10. The molecule has 0 fully saturated rings. The fourth-order valence-corrected chi connectivity index (χ4v) is 1.76. The maximum atomic E-state index is 11.8. The number of rotatable bonds is 3. The highest BCUT2D eigenvalue weighted by atomic mass is 79.9. The zero-order valence-electron chi connectivity index (χ0n) is 9.77. The number of carbonyl (C=O) groups is 1. The minimum Gasteiger partial charge on any atom is -0.360 e. The summed E-state index contributed by atoms with van der Waals surface area (Å²) < 4.78 is 0.906. The third-order valence-electron chi connectivity index (χ3n) is 2.43. The number of hydrazone groups is 1. The predicted octanol–water partition coefficient (Wildman–Crippen LogP) is 2.85. The molecule has 2 N–H and O–H groups in total. The second-order valence-electron chi connectivity index (χ2n) is 3.79. The Hall–Kier alpha value is -1.88. The molecule has 0 atom stereocenters. The second kappa shape index (κ2) is 5.64. The number of amides is 1. The van der Waals surface area contributed by atoms with Gasteiger partial charge in [-0.05, 0) is 36.8 Å². The first kappa shape index (κ1) is 12.6. The van der Waals surface area contributed by atoms with Crippen molar-refractivity contribution in [1.29, 1.82) is 0 Å². The topological polar surface area (TPSA) is 57.2 Å². The molecular formula is C13H12BrN3O. The van der Waals surface area contributed by atoms with Crippen LogP contribution in [0.1, 0.15) is 21.6 Å². The number of hydrogen-bond acceptors (Lipinski definition) is 2. The Morgan fingerprint density at radius 3 is 2.94 bits per heavy atom. The number of aryl methyl sites for hydroxylation is 1. The van der Waals surface area contributed by atoms with Crippen LogP contribution in [-0.4, -0.2) is 17.1 Å². The van der Waals surface area contributed by atoms with Gasteiger partial charge >= 0.3 is 0 Å². The van der Waals surface area contributed by atoms with Crippen LogP contribution in [0.5, 0.6) is 0 Å². The van der Waals surface area contributed by atoms with Crippen molar-refractivity contribution in [2.24, 2.45) is 5.10 Å². The molecule has 1 amide bonds. The monoisotopic (exact) mass is 305 g/mol. The summed E-state index contributed by atoms with van der Waals surface area (Å²) in [5.74, 6) is -0.237. The number of aromatic amines is 1. The van der Waals surface area contributed by atoms with Gasteiger partial charge in [0.2, 0.25) is 0 Å². The van der Waals surface area contributed by atoms with Crippen molar-refractivity contribution in [1.82, 2.24) is 10.4 Å². The van der Waals surface area contributed by atoms with Crippen LogP contribution in [0.4, 0.5) is 0 Å². The van der Waals surface area contributed by atoms with E-state index in [9.17, 15) is 4.79 Å². The molecule has 1 heterocycles. The van der Waals surface area contributed by atoms with E-state index < -0.39 is 0 Å². The number of H-pyrrole nitrogens is 1. The Kier molecular flexibility index (Phi) is 3.94. The molecule has 0 saturated carbocycles. The van der Waals surface area contributed by atoms with E-state index in [1.54, 1.807) is 24.5 Å². The summed E-state index contributed by atoms with van der Waals surface area (Å²) in [6, 6.07) is 9.14. The molecule has 92 valence electrons. The lowest BCUT2D eigenvalue weighted by atomic mass is 10.1. The minimum absolute atomic E-state index is 0.237. The Labute approximate surface area is 113 Å². The smallest absolute Gasteiger partial charge is 0.271 e. The molecule has 1 aromatic heterocycles. The summed E-state index contributed by atoms with van der Waals surface area (Å²) in [7, 11) is 0. The van der Waals surface area contributed by atoms with E-state index >= 15 is 0 Å². The number of benzene rings is 1. The van der Waals surface area contributed by atoms with Crippen molar-refractivity contribution in [3.8, 4) is 0 Å². The minimum atomic E-state index is -0.237. The molecule has 1 aromatic carbocycles. The molecule has 0 saturated heterocycles. The fourth-order valence-electron chi connectivity index (χ4n) is 1.38. The van der Waals surface area contributed by atoms with E-state index in [0.29, 0.717) is 5.56 Å². The van der Waals surface area contributed by atoms with Gasteiger partial charge in [0.15, 0.2) is 0 Å². The van der Waals surface area contributed by atoms with Gasteiger partial charge < -0.3 is 4.98 Å². The normalized spacial score (nSPS) is 10.8. The number of carbonyl (C=O) groups excluding carboxylic acids is 1. The SMILES string of the molecule is Cc1ccc(C(=O)N/N=C/c2ccc[nH]2)cc1Br. The zero-order chi connectivity index (χ0) is 13.0. The standard InChI is InChI=1S/C13H12BrN3O/c1-9-4-5-10(7-12(9)14)13(18)17-16-8-11-3-2-6-15-11/h2-8,15H,1H3,(H,17,18)/b16-8+. The van der Waals surface area contributed by atoms with Crippen molar-refractivity contribution >= 4 is 28.1 Å². The molecule has 18 heavy (non-hydrogen) atoms. The van der Waals surface area contributed by atoms with Gasteiger partial charge in [0.25, 0.3) is 5.91 Å². The predicted molar refractivity (Wildman–Crippen MR) is 74.7 cm³/mol. The van der Waals surface area contributed by atoms with E-state index in [1.165, 1.54) is 0 Å². The lowest BCUT2D eigenvalue weighted by molar-refractivity contribution is 0.0955. The van der Waals surface area contributed by atoms with E-state index in [1.807, 2.05) is 25.1 Å². The molecular weight excluding hydrogens is 294 g/mol. The molecule has 2 rings (SSSR count). The highest BCUT2D eigenvalue weighted by Crippen LogP contribution is 2.17. The largest absolute Gasteiger partial charge is 0.360 e. The summed E-state index contributed by atoms with van der Waals surface area (Å²) in [6.45, 7) is 1.97. The van der Waals surface area contributed by atoms with Crippen LogP contribution >= 0.6 is 15.9 Å². The third kappa shape index (κ3) is 3.07. The number of halogens is 1. The number of aromatic nitrogens is 1. The van der Waals surface area contributed by atoms with Crippen LogP contribution in [0.3, 0.4) is 0 Å². The van der Waals surface area contributed by atoms with Gasteiger partial charge in [-0.3, -0.25) is 4.79 Å². The summed E-state index contributed by atoms with van der Waals surface area (Å²) in [5, 5.41) is 3.87. The van der Waals surface area contributed by atoms with Crippen LogP contribution in [0.15, 0.2) is 46.1 Å². The van der Waals surface area contributed by atoms with Gasteiger partial charge in [-0.15, -0.1) is 0 Å². The summed E-state index contributed by atoms with van der Waals surface area (Å²) in [4.78, 5) is 14.7. The van der Waals surface area contributed by atoms with Crippen molar-refractivity contribution in [2.45, 2.75) is 6.92 Å². The van der Waals surface area contributed by atoms with Crippen LogP contribution in [-0.2, 0) is 0 Å². The fraction of sp³-hybridized carbons (Fsp3) is 0.0769. The summed E-state index contributed by atoms with van der Waals surface area (Å²) in [5.41, 5.74) is 4.96. The molecule has 0 aliphatic heterocycles. The van der Waals surface area contributed by atoms with Crippen molar-refractivity contribution in [3.05, 3.63) is 57.8 Å². The Balaban J connectivity index is 2.01. The molecule has 0 aliphatic rings. The van der Waals surface area contributed by atoms with Gasteiger partial charge in [0.05, 0.1) is 11.9 Å². The molecule has 2 aromatic rings. The van der Waals surface area contributed by atoms with E-state index in [0.717, 1.165) is 15.7 Å². The molecule has 0 aliphatic carbocycles. The molecule has 0 radical (unpaired) electrons. The van der Waals surface area contributed by atoms with Crippen molar-refractivity contribution < 1.29 is 4.79 Å². The quantitative estimate of drug-likeness (QED) is 0.665. The molecule has 0 spiro atoms. The number of hydrogen-bond donors (Lipinski definition) is 2. The van der Waals surface area contributed by atoms with E-state index in [-0.39, 0.29) is 5.91 Å².